The number of carbonyl (C=O) groups excluding carboxylic acids is 1. The fourth-order valence-electron chi connectivity index (χ4n) is 3.39. The van der Waals surface area contributed by atoms with E-state index in [1.54, 1.807) is 0 Å². The van der Waals surface area contributed by atoms with Gasteiger partial charge in [-0.3, -0.25) is 4.79 Å². The maximum absolute atomic E-state index is 12.7. The van der Waals surface area contributed by atoms with E-state index >= 15 is 0 Å². The van der Waals surface area contributed by atoms with Gasteiger partial charge in [0, 0.05) is 6.54 Å². The van der Waals surface area contributed by atoms with Crippen LogP contribution in [-0.2, 0) is 10.2 Å². The van der Waals surface area contributed by atoms with Crippen LogP contribution in [0.3, 0.4) is 0 Å². The van der Waals surface area contributed by atoms with Crippen LogP contribution in [-0.4, -0.2) is 23.9 Å². The van der Waals surface area contributed by atoms with Crippen molar-refractivity contribution in [2.45, 2.75) is 44.6 Å². The summed E-state index contributed by atoms with van der Waals surface area (Å²) in [7, 11) is 0. The Morgan fingerprint density at radius 2 is 1.71 bits per heavy atom. The van der Waals surface area contributed by atoms with Crippen molar-refractivity contribution in [1.29, 1.82) is 0 Å². The number of aliphatic hydroxyl groups excluding tert-OH is 1. The van der Waals surface area contributed by atoms with Crippen molar-refractivity contribution in [3.05, 3.63) is 64.7 Å². The predicted molar refractivity (Wildman–Crippen MR) is 97.9 cm³/mol. The topological polar surface area (TPSA) is 58.6 Å². The molecule has 7 heteroatoms. The van der Waals surface area contributed by atoms with E-state index in [0.717, 1.165) is 41.7 Å². The fourth-order valence-corrected chi connectivity index (χ4v) is 3.39. The zero-order valence-corrected chi connectivity index (χ0v) is 15.6. The van der Waals surface area contributed by atoms with Gasteiger partial charge in [-0.05, 0) is 49.9 Å². The van der Waals surface area contributed by atoms with Crippen molar-refractivity contribution in [2.75, 3.05) is 6.54 Å². The fraction of sp³-hybridized carbons (Fsp3) is 0.381. The van der Waals surface area contributed by atoms with Gasteiger partial charge >= 0.3 is 6.36 Å². The molecule has 1 amide bonds. The monoisotopic (exact) mass is 393 g/mol. The number of carbonyl (C=O) groups is 1. The van der Waals surface area contributed by atoms with Crippen LogP contribution < -0.4 is 10.1 Å². The first-order valence-electron chi connectivity index (χ1n) is 9.00. The Morgan fingerprint density at radius 1 is 1.14 bits per heavy atom. The molecule has 1 saturated carbocycles. The van der Waals surface area contributed by atoms with E-state index < -0.39 is 17.9 Å². The highest BCUT2D eigenvalue weighted by Crippen LogP contribution is 2.48. The minimum Gasteiger partial charge on any atom is -0.406 e. The van der Waals surface area contributed by atoms with Crippen LogP contribution in [0.1, 0.15) is 41.2 Å². The first-order chi connectivity index (χ1) is 13.1. The van der Waals surface area contributed by atoms with Crippen LogP contribution in [0, 0.1) is 13.8 Å². The average Bonchev–Trinajstić information content (AvgIpc) is 3.40. The van der Waals surface area contributed by atoms with E-state index in [9.17, 15) is 23.1 Å². The number of alkyl halides is 3. The van der Waals surface area contributed by atoms with Crippen LogP contribution in [0.15, 0.2) is 42.5 Å². The Bertz CT molecular complexity index is 838. The van der Waals surface area contributed by atoms with Gasteiger partial charge in [0.05, 0.1) is 11.5 Å². The molecule has 1 aliphatic carbocycles. The van der Waals surface area contributed by atoms with Gasteiger partial charge in [-0.1, -0.05) is 41.5 Å². The molecule has 0 bridgehead atoms. The van der Waals surface area contributed by atoms with Gasteiger partial charge in [-0.2, -0.15) is 0 Å². The van der Waals surface area contributed by atoms with E-state index in [1.165, 1.54) is 12.1 Å². The van der Waals surface area contributed by atoms with Gasteiger partial charge in [-0.25, -0.2) is 0 Å². The van der Waals surface area contributed by atoms with Crippen molar-refractivity contribution in [1.82, 2.24) is 5.32 Å². The third-order valence-corrected chi connectivity index (χ3v) is 4.91. The minimum absolute atomic E-state index is 0.0230. The van der Waals surface area contributed by atoms with Gasteiger partial charge in [0.15, 0.2) is 0 Å². The molecule has 1 fully saturated rings. The summed E-state index contributed by atoms with van der Waals surface area (Å²) in [6, 6.07) is 11.0. The molecule has 3 rings (SSSR count). The molecule has 1 unspecified atom stereocenters. The Kier molecular flexibility index (Phi) is 5.39. The van der Waals surface area contributed by atoms with Crippen molar-refractivity contribution < 1.29 is 27.8 Å². The quantitative estimate of drug-likeness (QED) is 0.778. The molecule has 2 aromatic carbocycles. The number of ether oxygens (including phenoxy) is 1. The lowest BCUT2D eigenvalue weighted by Gasteiger charge is -2.19. The van der Waals surface area contributed by atoms with E-state index in [-0.39, 0.29) is 18.2 Å². The van der Waals surface area contributed by atoms with Crippen LogP contribution in [0.25, 0.3) is 0 Å². The van der Waals surface area contributed by atoms with E-state index in [4.69, 9.17) is 0 Å². The summed E-state index contributed by atoms with van der Waals surface area (Å²) in [6.07, 6.45) is -4.29. The highest BCUT2D eigenvalue weighted by atomic mass is 19.4. The van der Waals surface area contributed by atoms with Gasteiger partial charge in [0.25, 0.3) is 0 Å². The molecule has 28 heavy (non-hydrogen) atoms. The number of hydrogen-bond acceptors (Lipinski definition) is 3. The molecule has 1 atom stereocenters. The molecular formula is C21H22F3NO3. The molecule has 0 aliphatic heterocycles. The van der Waals surface area contributed by atoms with E-state index in [2.05, 4.69) is 10.1 Å². The molecule has 0 spiro atoms. The lowest BCUT2D eigenvalue weighted by atomic mass is 9.92. The van der Waals surface area contributed by atoms with Crippen LogP contribution in [0.4, 0.5) is 13.2 Å². The highest BCUT2D eigenvalue weighted by Gasteiger charge is 2.51. The lowest BCUT2D eigenvalue weighted by molar-refractivity contribution is -0.274. The van der Waals surface area contributed by atoms with Crippen LogP contribution in [0.2, 0.25) is 0 Å². The van der Waals surface area contributed by atoms with Gasteiger partial charge in [-0.15, -0.1) is 13.2 Å². The zero-order valence-electron chi connectivity index (χ0n) is 15.6. The summed E-state index contributed by atoms with van der Waals surface area (Å²) in [5.74, 6) is -0.507. The number of rotatable bonds is 6. The Hall–Kier alpha value is -2.54. The first kappa shape index (κ1) is 20.2. The number of hydrogen-bond donors (Lipinski definition) is 2. The van der Waals surface area contributed by atoms with Gasteiger partial charge < -0.3 is 15.2 Å². The second-order valence-corrected chi connectivity index (χ2v) is 7.30. The van der Waals surface area contributed by atoms with Gasteiger partial charge in [0.2, 0.25) is 5.91 Å². The van der Waals surface area contributed by atoms with E-state index in [1.807, 2.05) is 32.0 Å². The van der Waals surface area contributed by atoms with Crippen molar-refractivity contribution in [3.8, 4) is 5.75 Å². The standard InChI is InChI=1S/C21H22F3NO3/c1-13-9-14(2)11-16(10-13)20(7-8-20)19(27)25-12-18(26)15-3-5-17(6-4-15)28-21(22,23)24/h3-6,9-11,18,26H,7-8,12H2,1-2H3,(H,25,27). The summed E-state index contributed by atoms with van der Waals surface area (Å²) in [5.41, 5.74) is 3.00. The van der Waals surface area contributed by atoms with E-state index in [0.29, 0.717) is 5.56 Å². The third kappa shape index (κ3) is 4.65. The normalized spacial score (nSPS) is 16.4. The lowest BCUT2D eigenvalue weighted by Crippen LogP contribution is -2.37. The third-order valence-electron chi connectivity index (χ3n) is 4.91. The SMILES string of the molecule is Cc1cc(C)cc(C2(C(=O)NCC(O)c3ccc(OC(F)(F)F)cc3)CC2)c1. The summed E-state index contributed by atoms with van der Waals surface area (Å²) in [5, 5.41) is 13.0. The Morgan fingerprint density at radius 3 is 2.21 bits per heavy atom. The number of aliphatic hydroxyl groups is 1. The van der Waals surface area contributed by atoms with Crippen molar-refractivity contribution in [3.63, 3.8) is 0 Å². The average molecular weight is 393 g/mol. The zero-order chi connectivity index (χ0) is 20.5. The number of benzene rings is 2. The Balaban J connectivity index is 1.61. The molecular weight excluding hydrogens is 371 g/mol. The van der Waals surface area contributed by atoms with Crippen molar-refractivity contribution in [2.24, 2.45) is 0 Å². The van der Waals surface area contributed by atoms with Crippen LogP contribution in [0.5, 0.6) is 5.75 Å². The number of nitrogens with one attached hydrogen (secondary N) is 1. The summed E-state index contributed by atoms with van der Waals surface area (Å²) >= 11 is 0. The summed E-state index contributed by atoms with van der Waals surface area (Å²) in [4.78, 5) is 12.7. The first-order valence-corrected chi connectivity index (χ1v) is 9.00. The molecule has 0 heterocycles. The maximum atomic E-state index is 12.7. The summed E-state index contributed by atoms with van der Waals surface area (Å²) in [6.45, 7) is 3.95. The van der Waals surface area contributed by atoms with Crippen LogP contribution >= 0.6 is 0 Å². The molecule has 2 aromatic rings. The summed E-state index contributed by atoms with van der Waals surface area (Å²) < 4.78 is 40.4. The smallest absolute Gasteiger partial charge is 0.406 e. The molecule has 2 N–H and O–H groups in total. The van der Waals surface area contributed by atoms with Crippen molar-refractivity contribution >= 4 is 5.91 Å². The maximum Gasteiger partial charge on any atom is 0.573 e. The molecule has 0 radical (unpaired) electrons. The molecule has 0 aromatic heterocycles. The molecule has 150 valence electrons. The largest absolute Gasteiger partial charge is 0.573 e. The number of halogens is 3. The number of amides is 1. The minimum atomic E-state index is -4.76. The Labute approximate surface area is 161 Å². The van der Waals surface area contributed by atoms with Gasteiger partial charge in [0.1, 0.15) is 5.75 Å². The second kappa shape index (κ2) is 7.47. The highest BCUT2D eigenvalue weighted by molar-refractivity contribution is 5.91. The second-order valence-electron chi connectivity index (χ2n) is 7.30. The molecule has 0 saturated heterocycles. The number of aryl methyl sites for hydroxylation is 2. The molecule has 1 aliphatic rings. The molecule has 4 nitrogen and oxygen atoms in total. The predicted octanol–water partition coefficient (Wildman–Crippen LogP) is 4.08.